The minimum Gasteiger partial charge on any atom is -0.354 e. The number of nitrogens with one attached hydrogen (secondary N) is 1. The van der Waals surface area contributed by atoms with Crippen molar-refractivity contribution in [1.29, 1.82) is 0 Å². The van der Waals surface area contributed by atoms with Crippen LogP contribution < -0.4 is 5.32 Å². The van der Waals surface area contributed by atoms with Crippen LogP contribution in [0, 0.1) is 30.1 Å². The van der Waals surface area contributed by atoms with E-state index in [0.717, 1.165) is 18.7 Å². The van der Waals surface area contributed by atoms with Crippen LogP contribution in [0.25, 0.3) is 0 Å². The van der Waals surface area contributed by atoms with Crippen LogP contribution >= 0.6 is 0 Å². The number of carbonyl (C=O) groups is 1. The summed E-state index contributed by atoms with van der Waals surface area (Å²) < 4.78 is 1.93. The molecule has 2 bridgehead atoms. The van der Waals surface area contributed by atoms with Crippen LogP contribution in [0.3, 0.4) is 0 Å². The average molecular weight is 271 g/mol. The maximum atomic E-state index is 12.4. The summed E-state index contributed by atoms with van der Waals surface area (Å²) in [6, 6.07) is 1.99. The van der Waals surface area contributed by atoms with Gasteiger partial charge in [0.15, 0.2) is 0 Å². The minimum absolute atomic E-state index is 0.214. The van der Waals surface area contributed by atoms with Crippen molar-refractivity contribution in [2.45, 2.75) is 32.7 Å². The monoisotopic (exact) mass is 271 g/mol. The maximum absolute atomic E-state index is 12.4. The first-order valence-electron chi connectivity index (χ1n) is 7.65. The maximum Gasteiger partial charge on any atom is 0.223 e. The fraction of sp³-hybridized carbons (Fsp3) is 0.625. The molecule has 1 amide bonds. The molecule has 0 radical (unpaired) electrons. The van der Waals surface area contributed by atoms with Crippen molar-refractivity contribution in [3.63, 3.8) is 0 Å². The summed E-state index contributed by atoms with van der Waals surface area (Å²) in [6.45, 7) is 3.46. The number of rotatable bonds is 4. The third-order valence-corrected chi connectivity index (χ3v) is 5.61. The predicted molar refractivity (Wildman–Crippen MR) is 75.9 cm³/mol. The van der Waals surface area contributed by atoms with Gasteiger partial charge in [0.05, 0.1) is 6.54 Å². The summed E-state index contributed by atoms with van der Waals surface area (Å²) in [6.07, 6.45) is 10.2. The summed E-state index contributed by atoms with van der Waals surface area (Å²) in [7, 11) is 0. The predicted octanol–water partition coefficient (Wildman–Crippen LogP) is 1.91. The molecule has 1 aromatic heterocycles. The van der Waals surface area contributed by atoms with Gasteiger partial charge in [-0.3, -0.25) is 9.48 Å². The Bertz CT molecular complexity index is 570. The number of nitrogens with zero attached hydrogens (tertiary/aromatic N) is 2. The lowest BCUT2D eigenvalue weighted by atomic mass is 9.88. The normalized spacial score (nSPS) is 31.9. The SMILES string of the molecule is Cc1ccnn1CCNC(=O)[C@H]1C[C@@H]2C=C[C@@H]1C21CC1. The van der Waals surface area contributed by atoms with Gasteiger partial charge in [-0.15, -0.1) is 0 Å². The van der Waals surface area contributed by atoms with Crippen molar-refractivity contribution < 1.29 is 4.79 Å². The van der Waals surface area contributed by atoms with Crippen LogP contribution in [0.1, 0.15) is 25.0 Å². The third-order valence-electron chi connectivity index (χ3n) is 5.61. The number of hydrogen-bond acceptors (Lipinski definition) is 2. The molecule has 1 heterocycles. The Morgan fingerprint density at radius 3 is 3.00 bits per heavy atom. The Labute approximate surface area is 119 Å². The second-order valence-corrected chi connectivity index (χ2v) is 6.58. The first-order chi connectivity index (χ1) is 9.71. The van der Waals surface area contributed by atoms with Gasteiger partial charge in [-0.1, -0.05) is 12.2 Å². The fourth-order valence-electron chi connectivity index (χ4n) is 4.32. The molecule has 3 aliphatic rings. The molecule has 20 heavy (non-hydrogen) atoms. The number of aromatic nitrogens is 2. The lowest BCUT2D eigenvalue weighted by Gasteiger charge is -2.19. The highest BCUT2D eigenvalue weighted by atomic mass is 16.1. The van der Waals surface area contributed by atoms with Gasteiger partial charge in [-0.05, 0) is 49.5 Å². The molecule has 2 saturated carbocycles. The zero-order valence-electron chi connectivity index (χ0n) is 11.9. The molecule has 0 aromatic carbocycles. The average Bonchev–Trinajstić information content (AvgIpc) is 2.94. The number of carbonyl (C=O) groups excluding carboxylic acids is 1. The molecule has 4 heteroatoms. The Kier molecular flexibility index (Phi) is 2.56. The van der Waals surface area contributed by atoms with E-state index in [2.05, 4.69) is 22.6 Å². The Hall–Kier alpha value is -1.58. The van der Waals surface area contributed by atoms with Crippen molar-refractivity contribution in [3.8, 4) is 0 Å². The Balaban J connectivity index is 1.33. The second-order valence-electron chi connectivity index (χ2n) is 6.58. The van der Waals surface area contributed by atoms with Crippen LogP contribution in [-0.2, 0) is 11.3 Å². The van der Waals surface area contributed by atoms with E-state index in [-0.39, 0.29) is 11.8 Å². The van der Waals surface area contributed by atoms with E-state index in [1.54, 1.807) is 6.20 Å². The van der Waals surface area contributed by atoms with Gasteiger partial charge < -0.3 is 5.32 Å². The van der Waals surface area contributed by atoms with Crippen molar-refractivity contribution in [3.05, 3.63) is 30.1 Å². The molecule has 1 spiro atoms. The van der Waals surface area contributed by atoms with Crippen LogP contribution in [-0.4, -0.2) is 22.2 Å². The highest BCUT2D eigenvalue weighted by Gasteiger charge is 2.63. The topological polar surface area (TPSA) is 46.9 Å². The zero-order chi connectivity index (χ0) is 13.7. The van der Waals surface area contributed by atoms with E-state index in [4.69, 9.17) is 0 Å². The summed E-state index contributed by atoms with van der Waals surface area (Å²) in [5.74, 6) is 1.65. The molecule has 3 atom stereocenters. The van der Waals surface area contributed by atoms with Crippen LogP contribution in [0.4, 0.5) is 0 Å². The number of aryl methyl sites for hydroxylation is 1. The third kappa shape index (κ3) is 1.67. The Morgan fingerprint density at radius 1 is 1.50 bits per heavy atom. The first kappa shape index (κ1) is 12.2. The van der Waals surface area contributed by atoms with E-state index in [0.29, 0.717) is 23.8 Å². The molecule has 3 aliphatic carbocycles. The van der Waals surface area contributed by atoms with E-state index < -0.39 is 0 Å². The fourth-order valence-corrected chi connectivity index (χ4v) is 4.32. The van der Waals surface area contributed by atoms with Gasteiger partial charge >= 0.3 is 0 Å². The molecule has 4 rings (SSSR count). The van der Waals surface area contributed by atoms with Gasteiger partial charge in [0.2, 0.25) is 5.91 Å². The van der Waals surface area contributed by atoms with Gasteiger partial charge in [-0.2, -0.15) is 5.10 Å². The highest BCUT2D eigenvalue weighted by Crippen LogP contribution is 2.70. The molecule has 1 N–H and O–H groups in total. The summed E-state index contributed by atoms with van der Waals surface area (Å²) in [4.78, 5) is 12.4. The van der Waals surface area contributed by atoms with Gasteiger partial charge in [0.25, 0.3) is 0 Å². The minimum atomic E-state index is 0.214. The summed E-state index contributed by atoms with van der Waals surface area (Å²) >= 11 is 0. The molecule has 0 aliphatic heterocycles. The first-order valence-corrected chi connectivity index (χ1v) is 7.65. The van der Waals surface area contributed by atoms with Crippen LogP contribution in [0.5, 0.6) is 0 Å². The number of hydrogen-bond donors (Lipinski definition) is 1. The number of allylic oxidation sites excluding steroid dienone is 2. The molecular weight excluding hydrogens is 250 g/mol. The molecule has 0 unspecified atom stereocenters. The standard InChI is InChI=1S/C16H21N3O/c1-11-4-7-18-19(11)9-8-17-15(20)13-10-12-2-3-14(13)16(12)5-6-16/h2-4,7,12-14H,5-6,8-10H2,1H3,(H,17,20)/t12-,13-,14-/m0/s1. The van der Waals surface area contributed by atoms with E-state index in [1.165, 1.54) is 12.8 Å². The van der Waals surface area contributed by atoms with Crippen molar-refractivity contribution in [2.24, 2.45) is 23.2 Å². The molecule has 2 fully saturated rings. The summed E-state index contributed by atoms with van der Waals surface area (Å²) in [5.41, 5.74) is 1.64. The smallest absolute Gasteiger partial charge is 0.223 e. The molecule has 0 saturated heterocycles. The lowest BCUT2D eigenvalue weighted by Crippen LogP contribution is -2.35. The van der Waals surface area contributed by atoms with Gasteiger partial charge in [0.1, 0.15) is 0 Å². The second kappa shape index (κ2) is 4.21. The van der Waals surface area contributed by atoms with Crippen molar-refractivity contribution >= 4 is 5.91 Å². The highest BCUT2D eigenvalue weighted by molar-refractivity contribution is 5.80. The summed E-state index contributed by atoms with van der Waals surface area (Å²) in [5, 5.41) is 7.34. The van der Waals surface area contributed by atoms with E-state index in [9.17, 15) is 4.79 Å². The Morgan fingerprint density at radius 2 is 2.35 bits per heavy atom. The quantitative estimate of drug-likeness (QED) is 0.850. The lowest BCUT2D eigenvalue weighted by molar-refractivity contribution is -0.125. The van der Waals surface area contributed by atoms with Gasteiger partial charge in [-0.25, -0.2) is 0 Å². The van der Waals surface area contributed by atoms with Crippen LogP contribution in [0.2, 0.25) is 0 Å². The number of amides is 1. The molecule has 106 valence electrons. The van der Waals surface area contributed by atoms with Gasteiger partial charge in [0, 0.05) is 24.4 Å². The van der Waals surface area contributed by atoms with E-state index in [1.807, 2.05) is 17.7 Å². The molecule has 1 aromatic rings. The largest absolute Gasteiger partial charge is 0.354 e. The van der Waals surface area contributed by atoms with Crippen molar-refractivity contribution in [1.82, 2.24) is 15.1 Å². The molecular formula is C16H21N3O. The zero-order valence-corrected chi connectivity index (χ0v) is 11.9. The van der Waals surface area contributed by atoms with E-state index >= 15 is 0 Å². The van der Waals surface area contributed by atoms with Crippen molar-refractivity contribution in [2.75, 3.05) is 6.54 Å². The molecule has 4 nitrogen and oxygen atoms in total. The van der Waals surface area contributed by atoms with Crippen LogP contribution in [0.15, 0.2) is 24.4 Å².